The lowest BCUT2D eigenvalue weighted by Crippen LogP contribution is -2.37. The van der Waals surface area contributed by atoms with Crippen molar-refractivity contribution in [3.8, 4) is 0 Å². The van der Waals surface area contributed by atoms with E-state index in [9.17, 15) is 4.79 Å². The van der Waals surface area contributed by atoms with Gasteiger partial charge in [0.15, 0.2) is 0 Å². The van der Waals surface area contributed by atoms with Crippen molar-refractivity contribution < 1.29 is 14.3 Å². The van der Waals surface area contributed by atoms with E-state index >= 15 is 0 Å². The number of hydrogen-bond acceptors (Lipinski definition) is 3. The third-order valence-electron chi connectivity index (χ3n) is 4.19. The van der Waals surface area contributed by atoms with E-state index in [2.05, 4.69) is 13.5 Å². The summed E-state index contributed by atoms with van der Waals surface area (Å²) in [7, 11) is 0. The molecule has 2 bridgehead atoms. The molecule has 3 fully saturated rings. The molecule has 0 radical (unpaired) electrons. The smallest absolute Gasteiger partial charge is 0.310 e. The fourth-order valence-electron chi connectivity index (χ4n) is 3.64. The van der Waals surface area contributed by atoms with Gasteiger partial charge in [0.05, 0.1) is 12.2 Å². The van der Waals surface area contributed by atoms with Gasteiger partial charge in [-0.05, 0) is 12.3 Å². The van der Waals surface area contributed by atoms with Crippen LogP contribution in [0.5, 0.6) is 0 Å². The van der Waals surface area contributed by atoms with Gasteiger partial charge in [0.2, 0.25) is 0 Å². The molecular weight excluding hydrogens is 180 g/mol. The number of esters is 1. The topological polar surface area (TPSA) is 35.5 Å². The van der Waals surface area contributed by atoms with Crippen LogP contribution in [0.3, 0.4) is 0 Å². The van der Waals surface area contributed by atoms with E-state index in [0.29, 0.717) is 17.8 Å². The fraction of sp³-hybridized carbons (Fsp3) is 0.727. The van der Waals surface area contributed by atoms with Crippen LogP contribution in [0.4, 0.5) is 0 Å². The van der Waals surface area contributed by atoms with Gasteiger partial charge in [-0.1, -0.05) is 13.5 Å². The molecule has 76 valence electrons. The van der Waals surface area contributed by atoms with E-state index in [0.717, 1.165) is 6.42 Å². The van der Waals surface area contributed by atoms with E-state index in [4.69, 9.17) is 9.47 Å². The standard InChI is InChI=1S/C11H14O3/c1-3-13-9-6-4-7-8(5(6)2)11(12)14-10(7)9/h3,5-10H,1,4H2,2H3. The zero-order valence-electron chi connectivity index (χ0n) is 8.18. The van der Waals surface area contributed by atoms with Crippen LogP contribution in [0.2, 0.25) is 0 Å². The molecule has 3 heteroatoms. The summed E-state index contributed by atoms with van der Waals surface area (Å²) in [6, 6.07) is 0. The Kier molecular flexibility index (Phi) is 1.50. The minimum absolute atomic E-state index is 0.00620. The molecule has 0 aromatic heterocycles. The fourth-order valence-corrected chi connectivity index (χ4v) is 3.64. The Bertz CT molecular complexity index is 299. The van der Waals surface area contributed by atoms with Crippen molar-refractivity contribution in [1.29, 1.82) is 0 Å². The van der Waals surface area contributed by atoms with Gasteiger partial charge in [-0.15, -0.1) is 0 Å². The molecule has 2 aliphatic carbocycles. The van der Waals surface area contributed by atoms with E-state index in [1.165, 1.54) is 6.26 Å². The minimum Gasteiger partial charge on any atom is -0.494 e. The van der Waals surface area contributed by atoms with Crippen molar-refractivity contribution in [2.75, 3.05) is 0 Å². The monoisotopic (exact) mass is 194 g/mol. The van der Waals surface area contributed by atoms with E-state index in [1.54, 1.807) is 0 Å². The maximum Gasteiger partial charge on any atom is 0.310 e. The molecule has 6 unspecified atom stereocenters. The highest BCUT2D eigenvalue weighted by Crippen LogP contribution is 2.58. The van der Waals surface area contributed by atoms with E-state index in [-0.39, 0.29) is 24.1 Å². The summed E-state index contributed by atoms with van der Waals surface area (Å²) in [6.07, 6.45) is 2.63. The second-order valence-electron chi connectivity index (χ2n) is 4.62. The third kappa shape index (κ3) is 0.764. The zero-order chi connectivity index (χ0) is 9.87. The summed E-state index contributed by atoms with van der Waals surface area (Å²) in [5, 5.41) is 0. The second kappa shape index (κ2) is 2.53. The van der Waals surface area contributed by atoms with Crippen LogP contribution in [0.25, 0.3) is 0 Å². The summed E-state index contributed by atoms with van der Waals surface area (Å²) in [5.74, 6) is 1.45. The summed E-state index contributed by atoms with van der Waals surface area (Å²) < 4.78 is 10.8. The maximum atomic E-state index is 11.5. The summed E-state index contributed by atoms with van der Waals surface area (Å²) in [4.78, 5) is 11.5. The van der Waals surface area contributed by atoms with Gasteiger partial charge in [-0.3, -0.25) is 4.79 Å². The van der Waals surface area contributed by atoms with E-state index < -0.39 is 0 Å². The minimum atomic E-state index is -0.00911. The lowest BCUT2D eigenvalue weighted by Gasteiger charge is -2.28. The molecule has 0 spiro atoms. The maximum absolute atomic E-state index is 11.5. The molecule has 1 aliphatic heterocycles. The first-order chi connectivity index (χ1) is 6.74. The largest absolute Gasteiger partial charge is 0.494 e. The van der Waals surface area contributed by atoms with Crippen LogP contribution in [0.15, 0.2) is 12.8 Å². The van der Waals surface area contributed by atoms with Crippen LogP contribution < -0.4 is 0 Å². The first kappa shape index (κ1) is 8.33. The van der Waals surface area contributed by atoms with Crippen LogP contribution in [-0.4, -0.2) is 18.2 Å². The highest BCUT2D eigenvalue weighted by atomic mass is 16.6. The number of hydrogen-bond donors (Lipinski definition) is 0. The molecule has 1 heterocycles. The van der Waals surface area contributed by atoms with Crippen molar-refractivity contribution in [2.45, 2.75) is 25.6 Å². The first-order valence-corrected chi connectivity index (χ1v) is 5.21. The molecule has 3 aliphatic rings. The first-order valence-electron chi connectivity index (χ1n) is 5.21. The Balaban J connectivity index is 1.94. The molecule has 14 heavy (non-hydrogen) atoms. The zero-order valence-corrected chi connectivity index (χ0v) is 8.18. The van der Waals surface area contributed by atoms with Crippen LogP contribution in [0, 0.1) is 23.7 Å². The number of fused-ring (bicyclic) bond motifs is 1. The van der Waals surface area contributed by atoms with Crippen LogP contribution in [-0.2, 0) is 14.3 Å². The number of ether oxygens (including phenoxy) is 2. The van der Waals surface area contributed by atoms with Crippen molar-refractivity contribution in [2.24, 2.45) is 23.7 Å². The average Bonchev–Trinajstić information content (AvgIpc) is 2.70. The molecular formula is C11H14O3. The van der Waals surface area contributed by atoms with Gasteiger partial charge in [0.25, 0.3) is 0 Å². The van der Waals surface area contributed by atoms with Crippen LogP contribution in [0.1, 0.15) is 13.3 Å². The predicted octanol–water partition coefficient (Wildman–Crippen LogP) is 1.34. The normalized spacial score (nSPS) is 53.4. The molecule has 0 amide bonds. The lowest BCUT2D eigenvalue weighted by atomic mass is 9.80. The molecule has 0 N–H and O–H groups in total. The number of carbonyl (C=O) groups excluding carboxylic acids is 1. The Morgan fingerprint density at radius 1 is 1.57 bits per heavy atom. The Morgan fingerprint density at radius 3 is 3.07 bits per heavy atom. The number of carbonyl (C=O) groups is 1. The molecule has 0 aromatic carbocycles. The van der Waals surface area contributed by atoms with Gasteiger partial charge < -0.3 is 9.47 Å². The SMILES string of the molecule is C=COC1C2CC3C1OC(=O)C3C2C. The van der Waals surface area contributed by atoms with Crippen molar-refractivity contribution >= 4 is 5.97 Å². The van der Waals surface area contributed by atoms with Gasteiger partial charge in [0.1, 0.15) is 12.2 Å². The van der Waals surface area contributed by atoms with Crippen molar-refractivity contribution in [3.05, 3.63) is 12.8 Å². The molecule has 6 atom stereocenters. The Labute approximate surface area is 83.1 Å². The predicted molar refractivity (Wildman–Crippen MR) is 49.2 cm³/mol. The highest BCUT2D eigenvalue weighted by molar-refractivity contribution is 5.77. The molecule has 3 nitrogen and oxygen atoms in total. The second-order valence-corrected chi connectivity index (χ2v) is 4.62. The van der Waals surface area contributed by atoms with Crippen molar-refractivity contribution in [1.82, 2.24) is 0 Å². The third-order valence-corrected chi connectivity index (χ3v) is 4.19. The summed E-state index contributed by atoms with van der Waals surface area (Å²) in [5.41, 5.74) is 0. The molecule has 3 rings (SSSR count). The summed E-state index contributed by atoms with van der Waals surface area (Å²) in [6.45, 7) is 5.71. The van der Waals surface area contributed by atoms with Crippen molar-refractivity contribution in [3.63, 3.8) is 0 Å². The molecule has 1 saturated heterocycles. The van der Waals surface area contributed by atoms with Gasteiger partial charge >= 0.3 is 5.97 Å². The summed E-state index contributed by atoms with van der Waals surface area (Å²) >= 11 is 0. The molecule has 0 aromatic rings. The quantitative estimate of drug-likeness (QED) is 0.491. The number of rotatable bonds is 2. The highest BCUT2D eigenvalue weighted by Gasteiger charge is 2.66. The Hall–Kier alpha value is -0.990. The van der Waals surface area contributed by atoms with Gasteiger partial charge in [-0.25, -0.2) is 0 Å². The molecule has 2 saturated carbocycles. The van der Waals surface area contributed by atoms with Gasteiger partial charge in [-0.2, -0.15) is 0 Å². The lowest BCUT2D eigenvalue weighted by molar-refractivity contribution is -0.146. The van der Waals surface area contributed by atoms with E-state index in [1.807, 2.05) is 0 Å². The van der Waals surface area contributed by atoms with Gasteiger partial charge in [0, 0.05) is 11.8 Å². The average molecular weight is 194 g/mol. The Morgan fingerprint density at radius 2 is 2.36 bits per heavy atom. The van der Waals surface area contributed by atoms with Crippen LogP contribution >= 0.6 is 0 Å².